The molecule has 0 radical (unpaired) electrons. The molecule has 0 aliphatic carbocycles. The highest BCUT2D eigenvalue weighted by Gasteiger charge is 2.26. The van der Waals surface area contributed by atoms with Crippen LogP contribution in [0.15, 0.2) is 34.8 Å². The van der Waals surface area contributed by atoms with Crippen molar-refractivity contribution in [3.8, 4) is 0 Å². The summed E-state index contributed by atoms with van der Waals surface area (Å²) in [5.74, 6) is -0.285. The summed E-state index contributed by atoms with van der Waals surface area (Å²) in [6, 6.07) is 8.64. The smallest absolute Gasteiger partial charge is 0.126 e. The molecule has 2 rings (SSSR count). The summed E-state index contributed by atoms with van der Waals surface area (Å²) < 4.78 is 14.5. The highest BCUT2D eigenvalue weighted by atomic mass is 79.9. The Labute approximate surface area is 118 Å². The zero-order valence-corrected chi connectivity index (χ0v) is 12.6. The number of hydrogen-bond donors (Lipinski definition) is 1. The van der Waals surface area contributed by atoms with Gasteiger partial charge in [-0.3, -0.25) is 0 Å². The van der Waals surface area contributed by atoms with Gasteiger partial charge in [0.25, 0.3) is 0 Å². The highest BCUT2D eigenvalue weighted by Crippen LogP contribution is 2.32. The molecular weight excluding hydrogens is 315 g/mol. The van der Waals surface area contributed by atoms with Crippen LogP contribution < -0.4 is 0 Å². The standard InChI is InChI=1S/C14H14BrFOS/c1-9-3-6-13(18-9)14(2,17)8-10-7-11(15)4-5-12(10)16/h3-7,17H,8H2,1-2H3. The minimum atomic E-state index is -1.04. The number of halogens is 2. The molecule has 1 nitrogen and oxygen atoms in total. The quantitative estimate of drug-likeness (QED) is 0.884. The molecule has 1 aromatic carbocycles. The Morgan fingerprint density at radius 2 is 2.06 bits per heavy atom. The van der Waals surface area contributed by atoms with E-state index < -0.39 is 5.60 Å². The van der Waals surface area contributed by atoms with Crippen LogP contribution in [-0.4, -0.2) is 5.11 Å². The van der Waals surface area contributed by atoms with Crippen molar-refractivity contribution in [1.82, 2.24) is 0 Å². The first-order chi connectivity index (χ1) is 8.38. The average molecular weight is 329 g/mol. The molecule has 18 heavy (non-hydrogen) atoms. The third kappa shape index (κ3) is 2.99. The van der Waals surface area contributed by atoms with E-state index in [1.54, 1.807) is 19.1 Å². The zero-order chi connectivity index (χ0) is 13.3. The number of benzene rings is 1. The number of hydrogen-bond acceptors (Lipinski definition) is 2. The van der Waals surface area contributed by atoms with E-state index in [9.17, 15) is 9.50 Å². The lowest BCUT2D eigenvalue weighted by Crippen LogP contribution is -2.23. The molecule has 0 fully saturated rings. The Balaban J connectivity index is 2.29. The molecule has 1 heterocycles. The van der Waals surface area contributed by atoms with E-state index in [2.05, 4.69) is 15.9 Å². The monoisotopic (exact) mass is 328 g/mol. The molecule has 1 N–H and O–H groups in total. The predicted molar refractivity (Wildman–Crippen MR) is 76.4 cm³/mol. The van der Waals surface area contributed by atoms with Crippen molar-refractivity contribution in [3.63, 3.8) is 0 Å². The van der Waals surface area contributed by atoms with Gasteiger partial charge < -0.3 is 5.11 Å². The van der Waals surface area contributed by atoms with Gasteiger partial charge in [-0.15, -0.1) is 11.3 Å². The molecular formula is C14H14BrFOS. The molecule has 1 aromatic heterocycles. The van der Waals surface area contributed by atoms with Gasteiger partial charge >= 0.3 is 0 Å². The van der Waals surface area contributed by atoms with Crippen LogP contribution in [0.4, 0.5) is 4.39 Å². The van der Waals surface area contributed by atoms with Crippen LogP contribution in [0.2, 0.25) is 0 Å². The van der Waals surface area contributed by atoms with Crippen molar-refractivity contribution in [2.45, 2.75) is 25.9 Å². The third-order valence-corrected chi connectivity index (χ3v) is 4.56. The first kappa shape index (κ1) is 13.7. The van der Waals surface area contributed by atoms with Gasteiger partial charge in [-0.2, -0.15) is 0 Å². The first-order valence-corrected chi connectivity index (χ1v) is 7.23. The molecule has 0 saturated carbocycles. The van der Waals surface area contributed by atoms with E-state index in [4.69, 9.17) is 0 Å². The summed E-state index contributed by atoms with van der Waals surface area (Å²) >= 11 is 4.86. The SMILES string of the molecule is Cc1ccc(C(C)(O)Cc2cc(Br)ccc2F)s1. The fourth-order valence-electron chi connectivity index (χ4n) is 1.86. The van der Waals surface area contributed by atoms with Crippen LogP contribution in [0.1, 0.15) is 22.2 Å². The molecule has 1 unspecified atom stereocenters. The molecule has 0 aliphatic rings. The highest BCUT2D eigenvalue weighted by molar-refractivity contribution is 9.10. The van der Waals surface area contributed by atoms with Gasteiger partial charge in [0, 0.05) is 20.6 Å². The van der Waals surface area contributed by atoms with Gasteiger partial charge in [-0.25, -0.2) is 4.39 Å². The number of aryl methyl sites for hydroxylation is 1. The zero-order valence-electron chi connectivity index (χ0n) is 10.2. The Morgan fingerprint density at radius 1 is 1.33 bits per heavy atom. The maximum Gasteiger partial charge on any atom is 0.126 e. The Kier molecular flexibility index (Phi) is 3.90. The second kappa shape index (κ2) is 5.11. The van der Waals surface area contributed by atoms with Crippen molar-refractivity contribution in [3.05, 3.63) is 55.9 Å². The first-order valence-electron chi connectivity index (χ1n) is 5.62. The van der Waals surface area contributed by atoms with Gasteiger partial charge in [-0.1, -0.05) is 15.9 Å². The normalized spacial score (nSPS) is 14.5. The minimum Gasteiger partial charge on any atom is -0.384 e. The summed E-state index contributed by atoms with van der Waals surface area (Å²) in [5, 5.41) is 10.5. The van der Waals surface area contributed by atoms with Gasteiger partial charge in [0.15, 0.2) is 0 Å². The summed E-state index contributed by atoms with van der Waals surface area (Å²) in [6.45, 7) is 3.71. The molecule has 2 aromatic rings. The van der Waals surface area contributed by atoms with Gasteiger partial charge in [-0.05, 0) is 49.7 Å². The maximum absolute atomic E-state index is 13.7. The summed E-state index contributed by atoms with van der Waals surface area (Å²) in [4.78, 5) is 2.00. The molecule has 0 bridgehead atoms. The van der Waals surface area contributed by atoms with Crippen molar-refractivity contribution in [2.75, 3.05) is 0 Å². The number of thiophene rings is 1. The largest absolute Gasteiger partial charge is 0.384 e. The molecule has 0 saturated heterocycles. The van der Waals surface area contributed by atoms with E-state index >= 15 is 0 Å². The molecule has 1 atom stereocenters. The van der Waals surface area contributed by atoms with E-state index in [-0.39, 0.29) is 12.2 Å². The van der Waals surface area contributed by atoms with E-state index in [1.165, 1.54) is 17.4 Å². The van der Waals surface area contributed by atoms with Gasteiger partial charge in [0.2, 0.25) is 0 Å². The van der Waals surface area contributed by atoms with Crippen LogP contribution >= 0.6 is 27.3 Å². The fraction of sp³-hybridized carbons (Fsp3) is 0.286. The van der Waals surface area contributed by atoms with Crippen LogP contribution in [-0.2, 0) is 12.0 Å². The second-order valence-electron chi connectivity index (χ2n) is 4.60. The Bertz CT molecular complexity index is 563. The molecule has 0 aliphatic heterocycles. The van der Waals surface area contributed by atoms with Crippen molar-refractivity contribution in [2.24, 2.45) is 0 Å². The number of rotatable bonds is 3. The number of aliphatic hydroxyl groups is 1. The topological polar surface area (TPSA) is 20.2 Å². The lowest BCUT2D eigenvalue weighted by atomic mass is 9.94. The van der Waals surface area contributed by atoms with Crippen LogP contribution in [0.25, 0.3) is 0 Å². The molecule has 4 heteroatoms. The second-order valence-corrected chi connectivity index (χ2v) is 6.80. The summed E-state index contributed by atoms with van der Waals surface area (Å²) in [6.07, 6.45) is 0.262. The summed E-state index contributed by atoms with van der Waals surface area (Å²) in [5.41, 5.74) is -0.527. The van der Waals surface area contributed by atoms with Crippen LogP contribution in [0.5, 0.6) is 0 Å². The predicted octanol–water partition coefficient (Wildman–Crippen LogP) is 4.41. The Morgan fingerprint density at radius 3 is 2.67 bits per heavy atom. The molecule has 0 amide bonds. The minimum absolute atomic E-state index is 0.262. The summed E-state index contributed by atoms with van der Waals surface area (Å²) in [7, 11) is 0. The third-order valence-electron chi connectivity index (χ3n) is 2.81. The fourth-order valence-corrected chi connectivity index (χ4v) is 3.18. The van der Waals surface area contributed by atoms with Crippen LogP contribution in [0, 0.1) is 12.7 Å². The van der Waals surface area contributed by atoms with E-state index in [0.29, 0.717) is 5.56 Å². The van der Waals surface area contributed by atoms with E-state index in [0.717, 1.165) is 14.2 Å². The average Bonchev–Trinajstić information content (AvgIpc) is 2.71. The van der Waals surface area contributed by atoms with Crippen molar-refractivity contribution >= 4 is 27.3 Å². The van der Waals surface area contributed by atoms with Gasteiger partial charge in [0.05, 0.1) is 0 Å². The molecule has 0 spiro atoms. The molecule has 96 valence electrons. The van der Waals surface area contributed by atoms with Crippen molar-refractivity contribution in [1.29, 1.82) is 0 Å². The van der Waals surface area contributed by atoms with Crippen molar-refractivity contribution < 1.29 is 9.50 Å². The van der Waals surface area contributed by atoms with Gasteiger partial charge in [0.1, 0.15) is 11.4 Å². The Hall–Kier alpha value is -0.710. The maximum atomic E-state index is 13.7. The lowest BCUT2D eigenvalue weighted by Gasteiger charge is -2.22. The van der Waals surface area contributed by atoms with Crippen LogP contribution in [0.3, 0.4) is 0 Å². The van der Waals surface area contributed by atoms with E-state index in [1.807, 2.05) is 19.1 Å². The lowest BCUT2D eigenvalue weighted by molar-refractivity contribution is 0.0605.